The van der Waals surface area contributed by atoms with Crippen molar-refractivity contribution >= 4 is 10.5 Å². The van der Waals surface area contributed by atoms with Crippen molar-refractivity contribution in [2.45, 2.75) is 0 Å². The van der Waals surface area contributed by atoms with Crippen molar-refractivity contribution in [1.29, 1.82) is 0 Å². The first-order chi connectivity index (χ1) is 2.41. The summed E-state index contributed by atoms with van der Waals surface area (Å²) in [6, 6.07) is 0. The molecule has 0 rings (SSSR count). The van der Waals surface area contributed by atoms with Gasteiger partial charge in [-0.25, -0.2) is 0 Å². The van der Waals surface area contributed by atoms with E-state index in [9.17, 15) is 0 Å². The van der Waals surface area contributed by atoms with Crippen molar-refractivity contribution < 1.29 is 23.3 Å². The second kappa shape index (κ2) is 9.10. The standard InChI is InChI=1S/C3H5OSi.Li/c1-2-3-4-5;/h2H,1,3H2;/q-1;+1. The van der Waals surface area contributed by atoms with Crippen molar-refractivity contribution in [1.82, 2.24) is 0 Å². The van der Waals surface area contributed by atoms with Crippen LogP contribution in [0.15, 0.2) is 12.7 Å². The minimum Gasteiger partial charge on any atom is -0.656 e. The average molecular weight is 92.1 g/mol. The van der Waals surface area contributed by atoms with Crippen LogP contribution in [0.2, 0.25) is 0 Å². The van der Waals surface area contributed by atoms with Crippen LogP contribution in [0.1, 0.15) is 0 Å². The van der Waals surface area contributed by atoms with E-state index in [1.165, 1.54) is 0 Å². The van der Waals surface area contributed by atoms with Crippen molar-refractivity contribution in [2.75, 3.05) is 6.61 Å². The van der Waals surface area contributed by atoms with Gasteiger partial charge in [0.2, 0.25) is 0 Å². The molecule has 0 aromatic rings. The Morgan fingerprint density at radius 3 is 2.33 bits per heavy atom. The zero-order chi connectivity index (χ0) is 4.12. The second-order valence-electron chi connectivity index (χ2n) is 0.600. The molecule has 0 heterocycles. The molecule has 0 spiro atoms. The minimum atomic E-state index is 0. The smallest absolute Gasteiger partial charge is 0.656 e. The van der Waals surface area contributed by atoms with Gasteiger partial charge in [-0.15, -0.1) is 6.58 Å². The molecular formula is C3H5LiOSi. The van der Waals surface area contributed by atoms with Crippen LogP contribution in [0.25, 0.3) is 0 Å². The Morgan fingerprint density at radius 2 is 2.33 bits per heavy atom. The van der Waals surface area contributed by atoms with Crippen LogP contribution in [0.5, 0.6) is 0 Å². The van der Waals surface area contributed by atoms with Gasteiger partial charge < -0.3 is 14.9 Å². The normalized spacial score (nSPS) is 6.17. The Hall–Kier alpha value is 0.514. The van der Waals surface area contributed by atoms with E-state index in [1.807, 2.05) is 0 Å². The first kappa shape index (κ1) is 9.72. The molecule has 3 heteroatoms. The molecule has 0 saturated heterocycles. The van der Waals surface area contributed by atoms with E-state index < -0.39 is 0 Å². The van der Waals surface area contributed by atoms with E-state index >= 15 is 0 Å². The fraction of sp³-hybridized carbons (Fsp3) is 0.333. The molecule has 0 N–H and O–H groups in total. The molecule has 0 atom stereocenters. The fourth-order valence-corrected chi connectivity index (χ4v) is 0.177. The summed E-state index contributed by atoms with van der Waals surface area (Å²) in [5.74, 6) is 0. The summed E-state index contributed by atoms with van der Waals surface area (Å²) in [6.45, 7) is 3.96. The van der Waals surface area contributed by atoms with E-state index in [1.54, 1.807) is 6.08 Å². The summed E-state index contributed by atoms with van der Waals surface area (Å²) >= 11 is 0. The van der Waals surface area contributed by atoms with Gasteiger partial charge in [0.05, 0.1) is 0 Å². The molecule has 1 nitrogen and oxygen atoms in total. The summed E-state index contributed by atoms with van der Waals surface area (Å²) in [5, 5.41) is 0. The van der Waals surface area contributed by atoms with Crippen LogP contribution < -0.4 is 18.9 Å². The summed E-state index contributed by atoms with van der Waals surface area (Å²) in [7, 11) is 2.78. The molecule has 0 fully saturated rings. The van der Waals surface area contributed by atoms with Crippen LogP contribution in [-0.2, 0) is 4.43 Å². The first-order valence-electron chi connectivity index (χ1n) is 1.31. The largest absolute Gasteiger partial charge is 1.00 e. The number of hydrogen-bond donors (Lipinski definition) is 0. The molecule has 0 amide bonds. The van der Waals surface area contributed by atoms with Crippen LogP contribution in [-0.4, -0.2) is 17.1 Å². The SMILES string of the molecule is C=CCO[Si-].[Li+]. The molecule has 0 aromatic heterocycles. The summed E-state index contributed by atoms with van der Waals surface area (Å²) in [6.07, 6.45) is 1.66. The van der Waals surface area contributed by atoms with Gasteiger partial charge >= 0.3 is 18.9 Å². The molecule has 0 unspecified atom stereocenters. The fourth-order valence-electron chi connectivity index (χ4n) is 0.0589. The molecule has 0 aliphatic heterocycles. The van der Waals surface area contributed by atoms with Crippen LogP contribution in [0, 0.1) is 0 Å². The minimum absolute atomic E-state index is 0. The third kappa shape index (κ3) is 8.82. The summed E-state index contributed by atoms with van der Waals surface area (Å²) < 4.78 is 4.38. The molecule has 0 aromatic carbocycles. The average Bonchev–Trinajstić information content (AvgIpc) is 1.41. The quantitative estimate of drug-likeness (QED) is 0.265. The molecule has 0 bridgehead atoms. The third-order valence-corrected chi connectivity index (χ3v) is 0.368. The van der Waals surface area contributed by atoms with Gasteiger partial charge in [0.25, 0.3) is 0 Å². The van der Waals surface area contributed by atoms with Crippen molar-refractivity contribution in [2.24, 2.45) is 0 Å². The van der Waals surface area contributed by atoms with E-state index in [-0.39, 0.29) is 18.9 Å². The van der Waals surface area contributed by atoms with Crippen molar-refractivity contribution in [3.8, 4) is 0 Å². The van der Waals surface area contributed by atoms with E-state index in [4.69, 9.17) is 0 Å². The van der Waals surface area contributed by atoms with Gasteiger partial charge in [0, 0.05) is 6.61 Å². The molecule has 0 aliphatic rings. The van der Waals surface area contributed by atoms with Gasteiger partial charge in [-0.1, -0.05) is 6.08 Å². The molecule has 0 aliphatic carbocycles. The van der Waals surface area contributed by atoms with Gasteiger partial charge in [-0.05, 0) is 0 Å². The topological polar surface area (TPSA) is 9.23 Å². The first-order valence-corrected chi connectivity index (χ1v) is 1.72. The van der Waals surface area contributed by atoms with Crippen LogP contribution in [0.4, 0.5) is 0 Å². The molecular weight excluding hydrogens is 87.1 g/mol. The number of rotatable bonds is 2. The molecule has 28 valence electrons. The van der Waals surface area contributed by atoms with Gasteiger partial charge in [-0.3, -0.25) is 0 Å². The molecule has 2 radical (unpaired) electrons. The molecule has 0 saturated carbocycles. The maximum absolute atomic E-state index is 4.38. The molecule has 6 heavy (non-hydrogen) atoms. The Bertz CT molecular complexity index is 32.0. The van der Waals surface area contributed by atoms with Crippen LogP contribution >= 0.6 is 0 Å². The van der Waals surface area contributed by atoms with Crippen molar-refractivity contribution in [3.63, 3.8) is 0 Å². The summed E-state index contributed by atoms with van der Waals surface area (Å²) in [4.78, 5) is 0. The van der Waals surface area contributed by atoms with Gasteiger partial charge in [-0.2, -0.15) is 0 Å². The van der Waals surface area contributed by atoms with Crippen LogP contribution in [0.3, 0.4) is 0 Å². The Morgan fingerprint density at radius 1 is 1.83 bits per heavy atom. The Labute approximate surface area is 53.5 Å². The zero-order valence-electron chi connectivity index (χ0n) is 3.90. The van der Waals surface area contributed by atoms with Gasteiger partial charge in [0.1, 0.15) is 0 Å². The monoisotopic (exact) mass is 92.0 g/mol. The van der Waals surface area contributed by atoms with E-state index in [0.717, 1.165) is 0 Å². The zero-order valence-corrected chi connectivity index (χ0v) is 4.90. The summed E-state index contributed by atoms with van der Waals surface area (Å²) in [5.41, 5.74) is 0. The van der Waals surface area contributed by atoms with Gasteiger partial charge in [0.15, 0.2) is 0 Å². The predicted molar refractivity (Wildman–Crippen MR) is 21.9 cm³/mol. The van der Waals surface area contributed by atoms with E-state index in [0.29, 0.717) is 6.61 Å². The Kier molecular flexibility index (Phi) is 14.7. The second-order valence-corrected chi connectivity index (χ2v) is 0.888. The maximum Gasteiger partial charge on any atom is 1.00 e. The Balaban J connectivity index is 0. The van der Waals surface area contributed by atoms with Crippen molar-refractivity contribution in [3.05, 3.63) is 12.7 Å². The predicted octanol–water partition coefficient (Wildman–Crippen LogP) is -2.72. The third-order valence-electron chi connectivity index (χ3n) is 0.201. The number of hydrogen-bond acceptors (Lipinski definition) is 1. The maximum atomic E-state index is 4.38. The van der Waals surface area contributed by atoms with E-state index in [2.05, 4.69) is 21.5 Å².